The van der Waals surface area contributed by atoms with Gasteiger partial charge in [0.15, 0.2) is 0 Å². The van der Waals surface area contributed by atoms with Gasteiger partial charge in [-0.1, -0.05) is 18.2 Å². The molecule has 6 nitrogen and oxygen atoms in total. The van der Waals surface area contributed by atoms with E-state index in [1.165, 1.54) is 12.5 Å². The molecule has 124 valence electrons. The van der Waals surface area contributed by atoms with E-state index in [2.05, 4.69) is 10.4 Å². The minimum absolute atomic E-state index is 0.0370. The Kier molecular flexibility index (Phi) is 4.22. The lowest BCUT2D eigenvalue weighted by atomic mass is 10.0. The van der Waals surface area contributed by atoms with E-state index in [1.54, 1.807) is 23.7 Å². The summed E-state index contributed by atoms with van der Waals surface area (Å²) in [5.41, 5.74) is 0.810. The van der Waals surface area contributed by atoms with Crippen molar-refractivity contribution in [2.45, 2.75) is 19.4 Å². The van der Waals surface area contributed by atoms with E-state index in [-0.39, 0.29) is 12.5 Å². The highest BCUT2D eigenvalue weighted by atomic mass is 16.4. The number of carbonyl (C=O) groups is 1. The van der Waals surface area contributed by atoms with Gasteiger partial charge in [0.25, 0.3) is 5.91 Å². The summed E-state index contributed by atoms with van der Waals surface area (Å²) in [5, 5.41) is 17.4. The van der Waals surface area contributed by atoms with Crippen LogP contribution in [-0.2, 0) is 5.60 Å². The molecule has 0 bridgehead atoms. The van der Waals surface area contributed by atoms with Crippen LogP contribution in [0.2, 0.25) is 0 Å². The number of carbonyl (C=O) groups excluding carboxylic acids is 1. The van der Waals surface area contributed by atoms with Crippen molar-refractivity contribution < 1.29 is 14.3 Å². The first-order valence-electron chi connectivity index (χ1n) is 7.63. The number of amides is 1. The van der Waals surface area contributed by atoms with Crippen LogP contribution >= 0.6 is 0 Å². The van der Waals surface area contributed by atoms with Crippen molar-refractivity contribution in [3.05, 3.63) is 71.9 Å². The van der Waals surface area contributed by atoms with Gasteiger partial charge in [0, 0.05) is 0 Å². The molecular formula is C18H19N3O3. The van der Waals surface area contributed by atoms with Gasteiger partial charge in [0.2, 0.25) is 0 Å². The van der Waals surface area contributed by atoms with Crippen LogP contribution < -0.4 is 5.32 Å². The monoisotopic (exact) mass is 325 g/mol. The van der Waals surface area contributed by atoms with E-state index in [9.17, 15) is 9.90 Å². The third-order valence-corrected chi connectivity index (χ3v) is 3.90. The zero-order valence-electron chi connectivity index (χ0n) is 13.6. The molecule has 3 aromatic rings. The van der Waals surface area contributed by atoms with Gasteiger partial charge in [0.1, 0.15) is 11.4 Å². The second-order valence-corrected chi connectivity index (χ2v) is 5.82. The van der Waals surface area contributed by atoms with Crippen LogP contribution in [0.3, 0.4) is 0 Å². The number of nitrogens with zero attached hydrogens (tertiary/aromatic N) is 2. The minimum atomic E-state index is -1.28. The predicted octanol–water partition coefficient (Wildman–Crippen LogP) is 2.41. The quantitative estimate of drug-likeness (QED) is 0.755. The van der Waals surface area contributed by atoms with Crippen molar-refractivity contribution in [3.8, 4) is 5.69 Å². The molecule has 0 aliphatic heterocycles. The molecule has 0 fully saturated rings. The zero-order valence-corrected chi connectivity index (χ0v) is 13.6. The lowest BCUT2D eigenvalue weighted by molar-refractivity contribution is 0.0330. The van der Waals surface area contributed by atoms with E-state index < -0.39 is 5.60 Å². The topological polar surface area (TPSA) is 80.3 Å². The summed E-state index contributed by atoms with van der Waals surface area (Å²) >= 11 is 0. The van der Waals surface area contributed by atoms with Gasteiger partial charge >= 0.3 is 0 Å². The fraction of sp³-hybridized carbons (Fsp3) is 0.222. The Morgan fingerprint density at radius 2 is 2.04 bits per heavy atom. The summed E-state index contributed by atoms with van der Waals surface area (Å²) in [6.07, 6.45) is 3.01. The Morgan fingerprint density at radius 3 is 2.71 bits per heavy atom. The molecule has 24 heavy (non-hydrogen) atoms. The van der Waals surface area contributed by atoms with Gasteiger partial charge in [-0.2, -0.15) is 5.10 Å². The van der Waals surface area contributed by atoms with E-state index in [4.69, 9.17) is 4.42 Å². The highest BCUT2D eigenvalue weighted by molar-refractivity contribution is 5.95. The van der Waals surface area contributed by atoms with Gasteiger partial charge in [-0.05, 0) is 38.1 Å². The zero-order chi connectivity index (χ0) is 17.2. The summed E-state index contributed by atoms with van der Waals surface area (Å²) in [4.78, 5) is 12.4. The third kappa shape index (κ3) is 3.09. The summed E-state index contributed by atoms with van der Waals surface area (Å²) in [7, 11) is 0. The smallest absolute Gasteiger partial charge is 0.254 e. The summed E-state index contributed by atoms with van der Waals surface area (Å²) in [6.45, 7) is 3.46. The van der Waals surface area contributed by atoms with Crippen LogP contribution in [0.4, 0.5) is 0 Å². The molecule has 1 amide bonds. The number of rotatable bonds is 5. The molecule has 0 saturated heterocycles. The number of aliphatic hydroxyl groups is 1. The second-order valence-electron chi connectivity index (χ2n) is 5.82. The van der Waals surface area contributed by atoms with E-state index in [0.29, 0.717) is 11.3 Å². The molecule has 1 aromatic carbocycles. The minimum Gasteiger partial charge on any atom is -0.466 e. The van der Waals surface area contributed by atoms with Crippen molar-refractivity contribution in [3.63, 3.8) is 0 Å². The van der Waals surface area contributed by atoms with Gasteiger partial charge in [-0.3, -0.25) is 4.79 Å². The van der Waals surface area contributed by atoms with Crippen molar-refractivity contribution in [1.29, 1.82) is 0 Å². The molecule has 0 aliphatic rings. The van der Waals surface area contributed by atoms with E-state index >= 15 is 0 Å². The maximum Gasteiger partial charge on any atom is 0.254 e. The third-order valence-electron chi connectivity index (χ3n) is 3.90. The summed E-state index contributed by atoms with van der Waals surface area (Å²) in [6, 6.07) is 13.0. The van der Waals surface area contributed by atoms with Gasteiger partial charge in [-0.15, -0.1) is 0 Å². The Labute approximate surface area is 139 Å². The number of hydrogen-bond acceptors (Lipinski definition) is 4. The maximum atomic E-state index is 12.4. The normalized spacial score (nSPS) is 13.5. The molecule has 2 N–H and O–H groups in total. The van der Waals surface area contributed by atoms with Crippen molar-refractivity contribution >= 4 is 5.91 Å². The first-order valence-corrected chi connectivity index (χ1v) is 7.63. The Morgan fingerprint density at radius 1 is 1.29 bits per heavy atom. The molecule has 2 aromatic heterocycles. The molecule has 0 radical (unpaired) electrons. The highest BCUT2D eigenvalue weighted by Gasteiger charge is 2.27. The Bertz CT molecular complexity index is 821. The molecule has 0 spiro atoms. The number of aromatic nitrogens is 2. The van der Waals surface area contributed by atoms with Crippen LogP contribution in [0.1, 0.15) is 28.7 Å². The van der Waals surface area contributed by atoms with Gasteiger partial charge < -0.3 is 14.8 Å². The molecule has 1 atom stereocenters. The van der Waals surface area contributed by atoms with Gasteiger partial charge in [-0.25, -0.2) is 4.68 Å². The van der Waals surface area contributed by atoms with Gasteiger partial charge in [0.05, 0.1) is 35.9 Å². The van der Waals surface area contributed by atoms with Crippen LogP contribution in [0, 0.1) is 6.92 Å². The predicted molar refractivity (Wildman–Crippen MR) is 88.9 cm³/mol. The maximum absolute atomic E-state index is 12.4. The molecule has 2 heterocycles. The average molecular weight is 325 g/mol. The SMILES string of the molecule is Cc1c(C(=O)NCC(C)(O)c2ccco2)cnn1-c1ccccc1. The van der Waals surface area contributed by atoms with Crippen molar-refractivity contribution in [2.24, 2.45) is 0 Å². The summed E-state index contributed by atoms with van der Waals surface area (Å²) < 4.78 is 6.91. The number of nitrogens with one attached hydrogen (secondary N) is 1. The lowest BCUT2D eigenvalue weighted by Gasteiger charge is -2.21. The van der Waals surface area contributed by atoms with E-state index in [1.807, 2.05) is 37.3 Å². The van der Waals surface area contributed by atoms with Crippen LogP contribution in [0.5, 0.6) is 0 Å². The number of hydrogen-bond donors (Lipinski definition) is 2. The average Bonchev–Trinajstić information content (AvgIpc) is 3.24. The highest BCUT2D eigenvalue weighted by Crippen LogP contribution is 2.20. The Hall–Kier alpha value is -2.86. The molecule has 3 rings (SSSR count). The van der Waals surface area contributed by atoms with E-state index in [0.717, 1.165) is 11.4 Å². The van der Waals surface area contributed by atoms with Crippen LogP contribution in [0.25, 0.3) is 5.69 Å². The molecule has 0 aliphatic carbocycles. The fourth-order valence-electron chi connectivity index (χ4n) is 2.48. The molecule has 1 unspecified atom stereocenters. The first-order chi connectivity index (χ1) is 11.5. The number of para-hydroxylation sites is 1. The fourth-order valence-corrected chi connectivity index (χ4v) is 2.48. The molecule has 0 saturated carbocycles. The van der Waals surface area contributed by atoms with Crippen molar-refractivity contribution in [1.82, 2.24) is 15.1 Å². The van der Waals surface area contributed by atoms with Crippen LogP contribution in [-0.4, -0.2) is 27.3 Å². The number of benzene rings is 1. The van der Waals surface area contributed by atoms with Crippen molar-refractivity contribution in [2.75, 3.05) is 6.54 Å². The van der Waals surface area contributed by atoms with Crippen LogP contribution in [0.15, 0.2) is 59.3 Å². The second kappa shape index (κ2) is 6.33. The first kappa shape index (κ1) is 16.0. The molecular weight excluding hydrogens is 306 g/mol. The number of furan rings is 1. The standard InChI is InChI=1S/C18H19N3O3/c1-13-15(11-20-21(13)14-7-4-3-5-8-14)17(22)19-12-18(2,23)16-9-6-10-24-16/h3-11,23H,12H2,1-2H3,(H,19,22). The molecule has 6 heteroatoms. The lowest BCUT2D eigenvalue weighted by Crippen LogP contribution is -2.38. The largest absolute Gasteiger partial charge is 0.466 e. The Balaban J connectivity index is 1.74. The summed E-state index contributed by atoms with van der Waals surface area (Å²) in [5.74, 6) is 0.112.